The van der Waals surface area contributed by atoms with Gasteiger partial charge in [0.25, 0.3) is 0 Å². The van der Waals surface area contributed by atoms with Gasteiger partial charge in [-0.15, -0.1) is 11.6 Å². The zero-order valence-corrected chi connectivity index (χ0v) is 9.25. The highest BCUT2D eigenvalue weighted by atomic mass is 35.5. The van der Waals surface area contributed by atoms with Crippen LogP contribution in [0.1, 0.15) is 23.7 Å². The van der Waals surface area contributed by atoms with Crippen LogP contribution in [0.3, 0.4) is 0 Å². The second-order valence-electron chi connectivity index (χ2n) is 3.43. The molecule has 3 nitrogen and oxygen atoms in total. The van der Waals surface area contributed by atoms with Gasteiger partial charge in [-0.25, -0.2) is 9.18 Å². The molecule has 2 N–H and O–H groups in total. The third-order valence-electron chi connectivity index (χ3n) is 2.13. The molecule has 0 bridgehead atoms. The van der Waals surface area contributed by atoms with Crippen molar-refractivity contribution >= 4 is 17.6 Å². The van der Waals surface area contributed by atoms with Crippen LogP contribution in [0.2, 0.25) is 0 Å². The Kier molecular flexibility index (Phi) is 4.71. The Hall–Kier alpha value is -1.13. The molecule has 0 saturated heterocycles. The minimum Gasteiger partial charge on any atom is -0.479 e. The minimum atomic E-state index is -1.69. The van der Waals surface area contributed by atoms with Crippen LogP contribution < -0.4 is 0 Å². The Balaban J connectivity index is 2.93. The summed E-state index contributed by atoms with van der Waals surface area (Å²) in [4.78, 5) is 10.5. The molecule has 0 spiro atoms. The third-order valence-corrected chi connectivity index (χ3v) is 2.40. The topological polar surface area (TPSA) is 57.5 Å². The van der Waals surface area contributed by atoms with Crippen molar-refractivity contribution in [3.8, 4) is 0 Å². The molecule has 1 unspecified atom stereocenters. The van der Waals surface area contributed by atoms with Crippen LogP contribution in [0.15, 0.2) is 18.2 Å². The third kappa shape index (κ3) is 3.47. The number of benzene rings is 1. The van der Waals surface area contributed by atoms with Crippen LogP contribution >= 0.6 is 11.6 Å². The van der Waals surface area contributed by atoms with E-state index in [1.807, 2.05) is 0 Å². The lowest BCUT2D eigenvalue weighted by molar-refractivity contribution is -0.146. The van der Waals surface area contributed by atoms with Crippen LogP contribution in [0.5, 0.6) is 0 Å². The average molecular weight is 247 g/mol. The van der Waals surface area contributed by atoms with E-state index in [0.717, 1.165) is 6.07 Å². The Morgan fingerprint density at radius 2 is 2.12 bits per heavy atom. The van der Waals surface area contributed by atoms with Gasteiger partial charge in [0, 0.05) is 5.88 Å². The molecule has 1 rings (SSSR count). The van der Waals surface area contributed by atoms with E-state index in [0.29, 0.717) is 24.3 Å². The minimum absolute atomic E-state index is 0.0528. The van der Waals surface area contributed by atoms with E-state index >= 15 is 0 Å². The highest BCUT2D eigenvalue weighted by Gasteiger charge is 2.17. The molecule has 0 saturated carbocycles. The number of rotatable bonds is 5. The second-order valence-corrected chi connectivity index (χ2v) is 3.80. The van der Waals surface area contributed by atoms with Crippen molar-refractivity contribution in [1.82, 2.24) is 0 Å². The molecule has 0 heterocycles. The van der Waals surface area contributed by atoms with Gasteiger partial charge in [-0.1, -0.05) is 6.07 Å². The fourth-order valence-corrected chi connectivity index (χ4v) is 1.52. The molecule has 88 valence electrons. The molecule has 1 aromatic carbocycles. The Morgan fingerprint density at radius 1 is 1.44 bits per heavy atom. The molecule has 1 atom stereocenters. The molecule has 0 aromatic heterocycles. The van der Waals surface area contributed by atoms with Gasteiger partial charge in [0.05, 0.1) is 0 Å². The van der Waals surface area contributed by atoms with Gasteiger partial charge in [0.15, 0.2) is 6.10 Å². The van der Waals surface area contributed by atoms with Crippen molar-refractivity contribution in [2.45, 2.75) is 18.9 Å². The lowest BCUT2D eigenvalue weighted by Gasteiger charge is -2.08. The molecule has 0 aliphatic carbocycles. The molecule has 16 heavy (non-hydrogen) atoms. The number of aliphatic hydroxyl groups excluding tert-OH is 1. The van der Waals surface area contributed by atoms with E-state index in [1.165, 1.54) is 12.1 Å². The maximum atomic E-state index is 13.1. The van der Waals surface area contributed by atoms with Crippen LogP contribution in [-0.4, -0.2) is 22.1 Å². The second kappa shape index (κ2) is 5.82. The highest BCUT2D eigenvalue weighted by Crippen LogP contribution is 2.18. The summed E-state index contributed by atoms with van der Waals surface area (Å²) in [7, 11) is 0. The van der Waals surface area contributed by atoms with Crippen LogP contribution in [0.4, 0.5) is 4.39 Å². The Labute approximate surface area is 97.5 Å². The number of halogens is 2. The zero-order chi connectivity index (χ0) is 12.1. The summed E-state index contributed by atoms with van der Waals surface area (Å²) in [6.45, 7) is 0. The number of aryl methyl sites for hydroxylation is 1. The van der Waals surface area contributed by atoms with E-state index in [2.05, 4.69) is 0 Å². The molecule has 1 aromatic rings. The van der Waals surface area contributed by atoms with Crippen molar-refractivity contribution in [1.29, 1.82) is 0 Å². The number of alkyl halides is 1. The van der Waals surface area contributed by atoms with Crippen molar-refractivity contribution in [3.63, 3.8) is 0 Å². The monoisotopic (exact) mass is 246 g/mol. The Bertz CT molecular complexity index is 381. The number of carbonyl (C=O) groups is 1. The summed E-state index contributed by atoms with van der Waals surface area (Å²) in [5.74, 6) is -1.50. The summed E-state index contributed by atoms with van der Waals surface area (Å²) in [5, 5.41) is 17.9. The van der Waals surface area contributed by atoms with E-state index in [-0.39, 0.29) is 5.56 Å². The van der Waals surface area contributed by atoms with Crippen LogP contribution in [0, 0.1) is 5.82 Å². The van der Waals surface area contributed by atoms with Gasteiger partial charge in [-0.2, -0.15) is 0 Å². The SMILES string of the molecule is O=C(O)C(O)c1cc(F)cc(CCCCl)c1. The van der Waals surface area contributed by atoms with Crippen LogP contribution in [0.25, 0.3) is 0 Å². The van der Waals surface area contributed by atoms with Gasteiger partial charge < -0.3 is 10.2 Å². The predicted molar refractivity (Wildman–Crippen MR) is 58.0 cm³/mol. The summed E-state index contributed by atoms with van der Waals surface area (Å²) in [5.41, 5.74) is 0.688. The fraction of sp³-hybridized carbons (Fsp3) is 0.364. The van der Waals surface area contributed by atoms with E-state index in [1.54, 1.807) is 0 Å². The molecule has 5 heteroatoms. The van der Waals surface area contributed by atoms with Crippen LogP contribution in [-0.2, 0) is 11.2 Å². The van der Waals surface area contributed by atoms with Gasteiger partial charge >= 0.3 is 5.97 Å². The van der Waals surface area contributed by atoms with Gasteiger partial charge in [0.2, 0.25) is 0 Å². The van der Waals surface area contributed by atoms with Crippen molar-refractivity contribution in [2.75, 3.05) is 5.88 Å². The number of carboxylic acids is 1. The average Bonchev–Trinajstić information content (AvgIpc) is 2.24. The summed E-state index contributed by atoms with van der Waals surface area (Å²) >= 11 is 5.51. The first-order chi connectivity index (χ1) is 7.54. The summed E-state index contributed by atoms with van der Waals surface area (Å²) < 4.78 is 13.1. The quantitative estimate of drug-likeness (QED) is 0.783. The van der Waals surface area contributed by atoms with E-state index in [9.17, 15) is 14.3 Å². The van der Waals surface area contributed by atoms with E-state index in [4.69, 9.17) is 16.7 Å². The molecule has 0 amide bonds. The first kappa shape index (κ1) is 12.9. The number of aliphatic carboxylic acids is 1. The molecular formula is C11H12ClFO3. The first-order valence-corrected chi connectivity index (χ1v) is 5.34. The maximum Gasteiger partial charge on any atom is 0.337 e. The summed E-state index contributed by atoms with van der Waals surface area (Å²) in [6, 6.07) is 3.81. The lowest BCUT2D eigenvalue weighted by atomic mass is 10.0. The van der Waals surface area contributed by atoms with Crippen molar-refractivity contribution in [3.05, 3.63) is 35.1 Å². The first-order valence-electron chi connectivity index (χ1n) is 4.81. The zero-order valence-electron chi connectivity index (χ0n) is 8.49. The van der Waals surface area contributed by atoms with Gasteiger partial charge in [0.1, 0.15) is 5.82 Å². The molecule has 0 aliphatic heterocycles. The number of carboxylic acid groups (broad SMARTS) is 1. The largest absolute Gasteiger partial charge is 0.479 e. The molecule has 0 radical (unpaired) electrons. The number of hydrogen-bond donors (Lipinski definition) is 2. The predicted octanol–water partition coefficient (Wildman–Crippen LogP) is 2.12. The number of aliphatic hydroxyl groups is 1. The highest BCUT2D eigenvalue weighted by molar-refractivity contribution is 6.17. The molecule has 0 aliphatic rings. The molecule has 0 fully saturated rings. The lowest BCUT2D eigenvalue weighted by Crippen LogP contribution is -2.11. The fourth-order valence-electron chi connectivity index (χ4n) is 1.39. The summed E-state index contributed by atoms with van der Waals surface area (Å²) in [6.07, 6.45) is -0.459. The van der Waals surface area contributed by atoms with Crippen molar-refractivity contribution in [2.24, 2.45) is 0 Å². The van der Waals surface area contributed by atoms with E-state index < -0.39 is 17.9 Å². The smallest absolute Gasteiger partial charge is 0.337 e. The Morgan fingerprint density at radius 3 is 2.69 bits per heavy atom. The van der Waals surface area contributed by atoms with Gasteiger partial charge in [-0.3, -0.25) is 0 Å². The molecular weight excluding hydrogens is 235 g/mol. The maximum absolute atomic E-state index is 13.1. The standard InChI is InChI=1S/C11H12ClFO3/c12-3-1-2-7-4-8(6-9(13)5-7)10(14)11(15)16/h4-6,10,14H,1-3H2,(H,15,16). The number of hydrogen-bond acceptors (Lipinski definition) is 2. The van der Waals surface area contributed by atoms with Gasteiger partial charge in [-0.05, 0) is 36.1 Å². The normalized spacial score (nSPS) is 12.4. The van der Waals surface area contributed by atoms with Crippen molar-refractivity contribution < 1.29 is 19.4 Å².